The normalized spacial score (nSPS) is 17.3. The monoisotopic (exact) mass is 488 g/mol. The van der Waals surface area contributed by atoms with Gasteiger partial charge in [-0.25, -0.2) is 0 Å². The lowest BCUT2D eigenvalue weighted by Crippen LogP contribution is -2.35. The number of halogens is 2. The first-order valence-corrected chi connectivity index (χ1v) is 10.5. The predicted molar refractivity (Wildman–Crippen MR) is 121 cm³/mol. The first kappa shape index (κ1) is 19.9. The SMILES string of the molecule is CC1=NN2C(=N)C(=Cc3ccc(OCc4ccccc4Cl)c(Br)c3)C(=O)N=C2S1. The lowest BCUT2D eigenvalue weighted by molar-refractivity contribution is -0.114. The summed E-state index contributed by atoms with van der Waals surface area (Å²) in [6.45, 7) is 2.15. The van der Waals surface area contributed by atoms with Crippen molar-refractivity contribution in [1.29, 1.82) is 5.41 Å². The molecule has 0 atom stereocenters. The van der Waals surface area contributed by atoms with Gasteiger partial charge in [0.15, 0.2) is 5.84 Å². The Morgan fingerprint density at radius 3 is 2.86 bits per heavy atom. The molecule has 1 N–H and O–H groups in total. The van der Waals surface area contributed by atoms with Gasteiger partial charge in [-0.3, -0.25) is 10.2 Å². The van der Waals surface area contributed by atoms with Crippen LogP contribution in [-0.4, -0.2) is 27.0 Å². The van der Waals surface area contributed by atoms with Gasteiger partial charge in [0.25, 0.3) is 5.91 Å². The van der Waals surface area contributed by atoms with Crippen LogP contribution in [0.4, 0.5) is 0 Å². The molecule has 29 heavy (non-hydrogen) atoms. The van der Waals surface area contributed by atoms with E-state index in [4.69, 9.17) is 21.7 Å². The van der Waals surface area contributed by atoms with Crippen LogP contribution in [0.5, 0.6) is 5.75 Å². The van der Waals surface area contributed by atoms with Crippen molar-refractivity contribution in [3.05, 3.63) is 68.7 Å². The largest absolute Gasteiger partial charge is 0.488 e. The molecule has 2 aromatic rings. The Morgan fingerprint density at radius 2 is 2.10 bits per heavy atom. The zero-order valence-corrected chi connectivity index (χ0v) is 18.3. The summed E-state index contributed by atoms with van der Waals surface area (Å²) in [5, 5.41) is 15.7. The molecule has 2 aliphatic heterocycles. The molecule has 9 heteroatoms. The smallest absolute Gasteiger partial charge is 0.283 e. The number of amidine groups is 2. The summed E-state index contributed by atoms with van der Waals surface area (Å²) in [6.07, 6.45) is 1.63. The lowest BCUT2D eigenvalue weighted by atomic mass is 10.1. The van der Waals surface area contributed by atoms with E-state index in [0.717, 1.165) is 20.6 Å². The van der Waals surface area contributed by atoms with Gasteiger partial charge >= 0.3 is 0 Å². The lowest BCUT2D eigenvalue weighted by Gasteiger charge is -2.20. The van der Waals surface area contributed by atoms with Gasteiger partial charge in [0, 0.05) is 10.6 Å². The summed E-state index contributed by atoms with van der Waals surface area (Å²) in [7, 11) is 0. The van der Waals surface area contributed by atoms with Crippen molar-refractivity contribution in [3.8, 4) is 5.75 Å². The van der Waals surface area contributed by atoms with Gasteiger partial charge in [0.1, 0.15) is 12.4 Å². The number of carbonyl (C=O) groups is 1. The quantitative estimate of drug-likeness (QED) is 0.590. The van der Waals surface area contributed by atoms with E-state index in [1.807, 2.05) is 43.3 Å². The Balaban J connectivity index is 1.54. The molecule has 0 aliphatic carbocycles. The number of benzene rings is 2. The van der Waals surface area contributed by atoms with E-state index in [1.165, 1.54) is 16.8 Å². The van der Waals surface area contributed by atoms with Crippen LogP contribution in [-0.2, 0) is 11.4 Å². The number of nitrogens with one attached hydrogen (secondary N) is 1. The van der Waals surface area contributed by atoms with Crippen LogP contribution in [0.1, 0.15) is 18.1 Å². The van der Waals surface area contributed by atoms with E-state index in [2.05, 4.69) is 26.0 Å². The highest BCUT2D eigenvalue weighted by molar-refractivity contribution is 9.10. The number of hydrogen-bond donors (Lipinski definition) is 1. The summed E-state index contributed by atoms with van der Waals surface area (Å²) in [5.74, 6) is 0.210. The molecule has 0 saturated carbocycles. The van der Waals surface area contributed by atoms with Crippen molar-refractivity contribution < 1.29 is 9.53 Å². The molecule has 1 amide bonds. The van der Waals surface area contributed by atoms with E-state index in [1.54, 1.807) is 12.1 Å². The summed E-state index contributed by atoms with van der Waals surface area (Å²) in [5.41, 5.74) is 1.81. The van der Waals surface area contributed by atoms with Crippen LogP contribution < -0.4 is 4.74 Å². The molecule has 6 nitrogen and oxygen atoms in total. The molecule has 0 fully saturated rings. The zero-order chi connectivity index (χ0) is 20.5. The Labute approximate surface area is 184 Å². The van der Waals surface area contributed by atoms with Crippen LogP contribution in [0.2, 0.25) is 5.02 Å². The molecule has 0 saturated heterocycles. The highest BCUT2D eigenvalue weighted by atomic mass is 79.9. The van der Waals surface area contributed by atoms with Crippen LogP contribution in [0.15, 0.2) is 62.6 Å². The number of thioether (sulfide) groups is 1. The third-order valence-corrected chi connectivity index (χ3v) is 5.98. The number of ether oxygens (including phenoxy) is 1. The average molecular weight is 490 g/mol. The highest BCUT2D eigenvalue weighted by Crippen LogP contribution is 2.31. The second-order valence-corrected chi connectivity index (χ2v) is 8.63. The van der Waals surface area contributed by atoms with Crippen LogP contribution in [0, 0.1) is 5.41 Å². The fourth-order valence-corrected chi connectivity index (χ4v) is 4.18. The van der Waals surface area contributed by atoms with Crippen molar-refractivity contribution in [2.24, 2.45) is 10.1 Å². The van der Waals surface area contributed by atoms with Crippen LogP contribution >= 0.6 is 39.3 Å². The van der Waals surface area contributed by atoms with Gasteiger partial charge in [0.05, 0.1) is 15.1 Å². The van der Waals surface area contributed by atoms with Crippen LogP contribution in [0.3, 0.4) is 0 Å². The van der Waals surface area contributed by atoms with E-state index < -0.39 is 5.91 Å². The Hall–Kier alpha value is -2.42. The molecule has 0 bridgehead atoms. The topological polar surface area (TPSA) is 78.1 Å². The minimum absolute atomic E-state index is 0.0134. The predicted octanol–water partition coefficient (Wildman–Crippen LogP) is 5.32. The molecule has 2 heterocycles. The molecule has 2 aliphatic rings. The molecule has 4 rings (SSSR count). The molecule has 0 radical (unpaired) electrons. The summed E-state index contributed by atoms with van der Waals surface area (Å²) in [4.78, 5) is 16.4. The number of nitrogens with zero attached hydrogens (tertiary/aromatic N) is 3. The number of hydrogen-bond acceptors (Lipinski definition) is 5. The maximum absolute atomic E-state index is 12.4. The van der Waals surface area contributed by atoms with Gasteiger partial charge in [0.2, 0.25) is 5.17 Å². The van der Waals surface area contributed by atoms with Crippen molar-refractivity contribution in [2.75, 3.05) is 0 Å². The number of fused-ring (bicyclic) bond motifs is 1. The third-order valence-electron chi connectivity index (χ3n) is 4.16. The summed E-state index contributed by atoms with van der Waals surface area (Å²) in [6, 6.07) is 12.9. The second kappa shape index (κ2) is 8.14. The van der Waals surface area contributed by atoms with Crippen molar-refractivity contribution >= 4 is 67.3 Å². The highest BCUT2D eigenvalue weighted by Gasteiger charge is 2.34. The first-order valence-electron chi connectivity index (χ1n) is 8.55. The first-order chi connectivity index (χ1) is 13.9. The molecule has 2 aromatic carbocycles. The van der Waals surface area contributed by atoms with Gasteiger partial charge < -0.3 is 4.74 Å². The Bertz CT molecular complexity index is 1130. The van der Waals surface area contributed by atoms with Crippen molar-refractivity contribution in [2.45, 2.75) is 13.5 Å². The second-order valence-electron chi connectivity index (χ2n) is 6.21. The molecular formula is C20H14BrClN4O2S. The molecule has 0 aromatic heterocycles. The Kier molecular flexibility index (Phi) is 5.58. The summed E-state index contributed by atoms with van der Waals surface area (Å²) >= 11 is 10.9. The zero-order valence-electron chi connectivity index (χ0n) is 15.1. The maximum Gasteiger partial charge on any atom is 0.283 e. The van der Waals surface area contributed by atoms with Gasteiger partial charge in [-0.05, 0) is 64.5 Å². The summed E-state index contributed by atoms with van der Waals surface area (Å²) < 4.78 is 6.57. The fraction of sp³-hybridized carbons (Fsp3) is 0.100. The van der Waals surface area contributed by atoms with E-state index >= 15 is 0 Å². The molecule has 0 unspecified atom stereocenters. The molecular weight excluding hydrogens is 476 g/mol. The van der Waals surface area contributed by atoms with Gasteiger partial charge in [-0.15, -0.1) is 0 Å². The number of aliphatic imine (C=N–C) groups is 1. The van der Waals surface area contributed by atoms with E-state index in [0.29, 0.717) is 22.5 Å². The van der Waals surface area contributed by atoms with Crippen molar-refractivity contribution in [3.63, 3.8) is 0 Å². The van der Waals surface area contributed by atoms with Crippen molar-refractivity contribution in [1.82, 2.24) is 5.01 Å². The molecule has 146 valence electrons. The van der Waals surface area contributed by atoms with Gasteiger partial charge in [-0.1, -0.05) is 35.9 Å². The van der Waals surface area contributed by atoms with E-state index in [9.17, 15) is 4.79 Å². The number of hydrazone groups is 1. The minimum Gasteiger partial charge on any atom is -0.488 e. The van der Waals surface area contributed by atoms with Gasteiger partial charge in [-0.2, -0.15) is 15.1 Å². The number of carbonyl (C=O) groups excluding carboxylic acids is 1. The van der Waals surface area contributed by atoms with Crippen LogP contribution in [0.25, 0.3) is 6.08 Å². The number of amides is 1. The standard InChI is InChI=1S/C20H14BrClN4O2S/c1-11-25-26-18(23)14(19(27)24-20(26)29-11)8-12-6-7-17(15(21)9-12)28-10-13-4-2-3-5-16(13)22/h2-9,23H,10H2,1H3. The molecule has 0 spiro atoms. The van der Waals surface area contributed by atoms with E-state index in [-0.39, 0.29) is 11.4 Å². The maximum atomic E-state index is 12.4. The number of rotatable bonds is 4. The Morgan fingerprint density at radius 1 is 1.31 bits per heavy atom. The minimum atomic E-state index is -0.450. The fourth-order valence-electron chi connectivity index (χ4n) is 2.75. The average Bonchev–Trinajstić information content (AvgIpc) is 3.06. The third kappa shape index (κ3) is 4.14.